The summed E-state index contributed by atoms with van der Waals surface area (Å²) < 4.78 is 1.57. The lowest BCUT2D eigenvalue weighted by atomic mass is 10.1. The molecule has 1 aliphatic heterocycles. The number of para-hydroxylation sites is 2. The Balaban J connectivity index is 1.61. The molecule has 0 unspecified atom stereocenters. The van der Waals surface area contributed by atoms with Crippen LogP contribution in [0.25, 0.3) is 0 Å². The Morgan fingerprint density at radius 3 is 2.50 bits per heavy atom. The number of carbonyl (C=O) groups excluding carboxylic acids is 1. The second kappa shape index (κ2) is 7.39. The van der Waals surface area contributed by atoms with E-state index in [0.717, 1.165) is 30.9 Å². The van der Waals surface area contributed by atoms with Crippen molar-refractivity contribution in [2.24, 2.45) is 0 Å². The number of amides is 1. The van der Waals surface area contributed by atoms with Gasteiger partial charge in [-0.05, 0) is 24.1 Å². The maximum Gasteiger partial charge on any atom is 0.248 e. The zero-order chi connectivity index (χ0) is 17.8. The van der Waals surface area contributed by atoms with E-state index in [4.69, 9.17) is 0 Å². The smallest absolute Gasteiger partial charge is 0.248 e. The fourth-order valence-corrected chi connectivity index (χ4v) is 3.39. The van der Waals surface area contributed by atoms with Gasteiger partial charge in [-0.15, -0.1) is 0 Å². The van der Waals surface area contributed by atoms with Gasteiger partial charge in [0.2, 0.25) is 5.91 Å². The molecule has 0 spiro atoms. The van der Waals surface area contributed by atoms with E-state index in [-0.39, 0.29) is 12.5 Å². The standard InChI is InChI=1S/C20H21N5O/c26-20(14-24-16-21-15-22-24)25-12-6-11-23(13-17-7-2-1-3-8-17)18-9-4-5-10-19(18)25/h1-5,7-10,15-16H,6,11-14H2. The van der Waals surface area contributed by atoms with E-state index >= 15 is 0 Å². The highest BCUT2D eigenvalue weighted by Crippen LogP contribution is 2.33. The zero-order valence-electron chi connectivity index (χ0n) is 14.5. The SMILES string of the molecule is O=C(Cn1cncn1)N1CCCN(Cc2ccccc2)c2ccccc21. The molecule has 1 amide bonds. The van der Waals surface area contributed by atoms with Crippen molar-refractivity contribution in [1.29, 1.82) is 0 Å². The Morgan fingerprint density at radius 2 is 1.73 bits per heavy atom. The van der Waals surface area contributed by atoms with E-state index < -0.39 is 0 Å². The van der Waals surface area contributed by atoms with E-state index in [0.29, 0.717) is 6.54 Å². The van der Waals surface area contributed by atoms with Crippen LogP contribution in [0, 0.1) is 0 Å². The molecule has 2 aromatic carbocycles. The van der Waals surface area contributed by atoms with Crippen LogP contribution in [0.3, 0.4) is 0 Å². The van der Waals surface area contributed by atoms with Gasteiger partial charge in [0, 0.05) is 19.6 Å². The average Bonchev–Trinajstić information content (AvgIpc) is 3.11. The molecule has 0 aliphatic carbocycles. The third-order valence-corrected chi connectivity index (χ3v) is 4.60. The molecule has 0 atom stereocenters. The quantitative estimate of drug-likeness (QED) is 0.728. The van der Waals surface area contributed by atoms with Crippen molar-refractivity contribution in [3.05, 3.63) is 72.8 Å². The largest absolute Gasteiger partial charge is 0.365 e. The van der Waals surface area contributed by atoms with Crippen LogP contribution in [-0.2, 0) is 17.9 Å². The number of fused-ring (bicyclic) bond motifs is 1. The van der Waals surface area contributed by atoms with Crippen molar-refractivity contribution in [3.8, 4) is 0 Å². The second-order valence-corrected chi connectivity index (χ2v) is 6.39. The Hall–Kier alpha value is -3.15. The molecule has 2 heterocycles. The summed E-state index contributed by atoms with van der Waals surface area (Å²) >= 11 is 0. The minimum absolute atomic E-state index is 0.0320. The van der Waals surface area contributed by atoms with Gasteiger partial charge < -0.3 is 9.80 Å². The first-order valence-corrected chi connectivity index (χ1v) is 8.82. The van der Waals surface area contributed by atoms with Gasteiger partial charge in [-0.3, -0.25) is 4.79 Å². The lowest BCUT2D eigenvalue weighted by Crippen LogP contribution is -2.34. The van der Waals surface area contributed by atoms with Crippen molar-refractivity contribution in [1.82, 2.24) is 14.8 Å². The summed E-state index contributed by atoms with van der Waals surface area (Å²) in [7, 11) is 0. The number of anilines is 2. The number of rotatable bonds is 4. The Labute approximate surface area is 152 Å². The van der Waals surface area contributed by atoms with Crippen LogP contribution in [0.1, 0.15) is 12.0 Å². The summed E-state index contributed by atoms with van der Waals surface area (Å²) in [6.07, 6.45) is 3.94. The van der Waals surface area contributed by atoms with Gasteiger partial charge in [-0.2, -0.15) is 5.10 Å². The van der Waals surface area contributed by atoms with Crippen LogP contribution in [0.15, 0.2) is 67.3 Å². The highest BCUT2D eigenvalue weighted by Gasteiger charge is 2.24. The molecule has 132 valence electrons. The van der Waals surface area contributed by atoms with Gasteiger partial charge in [-0.1, -0.05) is 42.5 Å². The summed E-state index contributed by atoms with van der Waals surface area (Å²) in [6.45, 7) is 2.66. The van der Waals surface area contributed by atoms with Crippen LogP contribution in [0.4, 0.5) is 11.4 Å². The third-order valence-electron chi connectivity index (χ3n) is 4.60. The Morgan fingerprint density at radius 1 is 0.962 bits per heavy atom. The molecule has 0 saturated heterocycles. The summed E-state index contributed by atoms with van der Waals surface area (Å²) in [5.74, 6) is 0.0320. The van der Waals surface area contributed by atoms with Gasteiger partial charge in [0.1, 0.15) is 19.2 Å². The number of hydrogen-bond donors (Lipinski definition) is 0. The van der Waals surface area contributed by atoms with Crippen LogP contribution in [-0.4, -0.2) is 33.8 Å². The van der Waals surface area contributed by atoms with Gasteiger partial charge in [0.05, 0.1) is 11.4 Å². The molecular formula is C20H21N5O. The van der Waals surface area contributed by atoms with Crippen molar-refractivity contribution in [3.63, 3.8) is 0 Å². The summed E-state index contributed by atoms with van der Waals surface area (Å²) in [6, 6.07) is 18.6. The molecular weight excluding hydrogens is 326 g/mol. The molecule has 6 heteroatoms. The molecule has 1 aromatic heterocycles. The van der Waals surface area contributed by atoms with E-state index in [2.05, 4.69) is 45.3 Å². The molecule has 0 fully saturated rings. The average molecular weight is 347 g/mol. The number of aromatic nitrogens is 3. The van der Waals surface area contributed by atoms with Gasteiger partial charge >= 0.3 is 0 Å². The van der Waals surface area contributed by atoms with E-state index in [1.807, 2.05) is 29.2 Å². The highest BCUT2D eigenvalue weighted by molar-refractivity contribution is 5.97. The van der Waals surface area contributed by atoms with E-state index in [1.165, 1.54) is 11.9 Å². The summed E-state index contributed by atoms with van der Waals surface area (Å²) in [5, 5.41) is 4.05. The molecule has 26 heavy (non-hydrogen) atoms. The molecule has 6 nitrogen and oxygen atoms in total. The molecule has 0 radical (unpaired) electrons. The molecule has 1 aliphatic rings. The number of hydrogen-bond acceptors (Lipinski definition) is 4. The van der Waals surface area contributed by atoms with E-state index in [1.54, 1.807) is 11.0 Å². The molecule has 0 bridgehead atoms. The predicted molar refractivity (Wildman–Crippen MR) is 101 cm³/mol. The highest BCUT2D eigenvalue weighted by atomic mass is 16.2. The lowest BCUT2D eigenvalue weighted by Gasteiger charge is -2.27. The van der Waals surface area contributed by atoms with Gasteiger partial charge in [-0.25, -0.2) is 9.67 Å². The molecule has 4 rings (SSSR count). The normalized spacial score (nSPS) is 14.0. The van der Waals surface area contributed by atoms with Gasteiger partial charge in [0.15, 0.2) is 0 Å². The predicted octanol–water partition coefficient (Wildman–Crippen LogP) is 2.72. The van der Waals surface area contributed by atoms with Crippen molar-refractivity contribution < 1.29 is 4.79 Å². The Bertz CT molecular complexity index is 863. The van der Waals surface area contributed by atoms with Crippen LogP contribution < -0.4 is 9.80 Å². The van der Waals surface area contributed by atoms with Crippen molar-refractivity contribution >= 4 is 17.3 Å². The fourth-order valence-electron chi connectivity index (χ4n) is 3.39. The maximum atomic E-state index is 12.9. The van der Waals surface area contributed by atoms with Gasteiger partial charge in [0.25, 0.3) is 0 Å². The fraction of sp³-hybridized carbons (Fsp3) is 0.250. The van der Waals surface area contributed by atoms with Crippen LogP contribution in [0.5, 0.6) is 0 Å². The second-order valence-electron chi connectivity index (χ2n) is 6.39. The third kappa shape index (κ3) is 3.44. The number of benzene rings is 2. The maximum absolute atomic E-state index is 12.9. The minimum Gasteiger partial charge on any atom is -0.365 e. The monoisotopic (exact) mass is 347 g/mol. The summed E-state index contributed by atoms with van der Waals surface area (Å²) in [5.41, 5.74) is 3.33. The Kier molecular flexibility index (Phi) is 4.64. The molecule has 3 aromatic rings. The van der Waals surface area contributed by atoms with Crippen LogP contribution in [0.2, 0.25) is 0 Å². The number of nitrogens with zero attached hydrogens (tertiary/aromatic N) is 5. The lowest BCUT2D eigenvalue weighted by molar-refractivity contribution is -0.119. The molecule has 0 N–H and O–H groups in total. The topological polar surface area (TPSA) is 54.3 Å². The number of carbonyl (C=O) groups is 1. The first kappa shape index (κ1) is 16.3. The summed E-state index contributed by atoms with van der Waals surface area (Å²) in [4.78, 5) is 21.0. The van der Waals surface area contributed by atoms with Crippen molar-refractivity contribution in [2.75, 3.05) is 22.9 Å². The first-order valence-electron chi connectivity index (χ1n) is 8.82. The first-order chi connectivity index (χ1) is 12.8. The zero-order valence-corrected chi connectivity index (χ0v) is 14.5. The minimum atomic E-state index is 0.0320. The van der Waals surface area contributed by atoms with Crippen LogP contribution >= 0.6 is 0 Å². The van der Waals surface area contributed by atoms with E-state index in [9.17, 15) is 4.79 Å². The molecule has 0 saturated carbocycles. The van der Waals surface area contributed by atoms with Crippen molar-refractivity contribution in [2.45, 2.75) is 19.5 Å².